The van der Waals surface area contributed by atoms with Crippen molar-refractivity contribution in [2.24, 2.45) is 0 Å². The minimum absolute atomic E-state index is 0.0928. The van der Waals surface area contributed by atoms with E-state index >= 15 is 0 Å². The summed E-state index contributed by atoms with van der Waals surface area (Å²) in [5.74, 6) is 0.198. The van der Waals surface area contributed by atoms with Gasteiger partial charge in [-0.25, -0.2) is 8.42 Å². The number of unbranched alkanes of at least 4 members (excludes halogenated alkanes) is 1. The number of halogens is 1. The summed E-state index contributed by atoms with van der Waals surface area (Å²) in [4.78, 5) is 10.5. The monoisotopic (exact) mass is 457 g/mol. The van der Waals surface area contributed by atoms with Crippen LogP contribution in [0, 0.1) is 21.4 Å². The summed E-state index contributed by atoms with van der Waals surface area (Å²) in [6.07, 6.45) is 3.18. The largest absolute Gasteiger partial charge is 0.300 e. The van der Waals surface area contributed by atoms with E-state index in [0.717, 1.165) is 0 Å². The zero-order valence-electron chi connectivity index (χ0n) is 16.6. The molecule has 0 aliphatic heterocycles. The average molecular weight is 458 g/mol. The second-order valence-electron chi connectivity index (χ2n) is 6.95. The number of nitro benzene ring substituents is 1. The fraction of sp³-hybridized carbons (Fsp3) is 0.227. The van der Waals surface area contributed by atoms with Crippen molar-refractivity contribution < 1.29 is 13.3 Å². The highest BCUT2D eigenvalue weighted by molar-refractivity contribution is 7.91. The molecule has 0 saturated heterocycles. The molecule has 0 radical (unpaired) electrons. The molecule has 0 aliphatic rings. The number of rotatable bonds is 9. The molecule has 0 N–H and O–H groups in total. The van der Waals surface area contributed by atoms with Gasteiger partial charge in [-0.3, -0.25) is 14.7 Å². The fourth-order valence-corrected chi connectivity index (χ4v) is 5.31. The van der Waals surface area contributed by atoms with Crippen LogP contribution in [0.5, 0.6) is 0 Å². The van der Waals surface area contributed by atoms with Gasteiger partial charge in [-0.15, -0.1) is 18.2 Å². The van der Waals surface area contributed by atoms with Crippen LogP contribution in [0.4, 0.5) is 5.69 Å². The molecule has 0 unspecified atom stereocenters. The Bertz CT molecular complexity index is 1290. The first kappa shape index (κ1) is 22.5. The van der Waals surface area contributed by atoms with Crippen LogP contribution in [0.2, 0.25) is 0 Å². The number of non-ortho nitro benzene ring substituents is 1. The number of fused-ring (bicyclic) bond motifs is 1. The first-order valence-corrected chi connectivity index (χ1v) is 11.7. The Hall–Kier alpha value is -3.15. The molecule has 2 aromatic carbocycles. The second kappa shape index (κ2) is 9.33. The van der Waals surface area contributed by atoms with Gasteiger partial charge < -0.3 is 0 Å². The van der Waals surface area contributed by atoms with Crippen molar-refractivity contribution >= 4 is 38.0 Å². The summed E-state index contributed by atoms with van der Waals surface area (Å²) in [6, 6.07) is 12.8. The summed E-state index contributed by atoms with van der Waals surface area (Å²) in [6.45, 7) is 3.57. The van der Waals surface area contributed by atoms with E-state index in [1.165, 1.54) is 30.3 Å². The number of hydrogen-bond donors (Lipinski definition) is 0. The topological polar surface area (TPSA) is 106 Å². The Labute approximate surface area is 185 Å². The third-order valence-corrected chi connectivity index (χ3v) is 6.87. The number of nitriles is 1. The van der Waals surface area contributed by atoms with E-state index in [2.05, 4.69) is 12.6 Å². The van der Waals surface area contributed by atoms with Gasteiger partial charge in [-0.05, 0) is 55.2 Å². The normalized spacial score (nSPS) is 11.4. The lowest BCUT2D eigenvalue weighted by molar-refractivity contribution is -0.384. The maximum absolute atomic E-state index is 13.3. The molecule has 0 aliphatic carbocycles. The highest BCUT2D eigenvalue weighted by atomic mass is 35.5. The smallest absolute Gasteiger partial charge is 0.269 e. The highest BCUT2D eigenvalue weighted by Crippen LogP contribution is 2.35. The molecule has 9 heteroatoms. The number of aromatic nitrogens is 1. The van der Waals surface area contributed by atoms with Crippen molar-refractivity contribution in [3.63, 3.8) is 0 Å². The summed E-state index contributed by atoms with van der Waals surface area (Å²) < 4.78 is 28.2. The highest BCUT2D eigenvalue weighted by Gasteiger charge is 2.28. The number of hydrogen-bond acceptors (Lipinski definition) is 5. The van der Waals surface area contributed by atoms with Gasteiger partial charge >= 0.3 is 0 Å². The average Bonchev–Trinajstić information content (AvgIpc) is 3.08. The lowest BCUT2D eigenvalue weighted by Gasteiger charge is -2.12. The molecule has 31 heavy (non-hydrogen) atoms. The molecular formula is C22H20ClN3O4S. The predicted octanol–water partition coefficient (Wildman–Crippen LogP) is 4.93. The predicted molar refractivity (Wildman–Crippen MR) is 121 cm³/mol. The summed E-state index contributed by atoms with van der Waals surface area (Å²) in [5.41, 5.74) is 2.02. The first-order chi connectivity index (χ1) is 14.8. The molecule has 1 aromatic heterocycles. The quantitative estimate of drug-likeness (QED) is 0.149. The Kier molecular flexibility index (Phi) is 6.78. The van der Waals surface area contributed by atoms with Crippen molar-refractivity contribution in [1.82, 2.24) is 4.57 Å². The fourth-order valence-electron chi connectivity index (χ4n) is 3.58. The van der Waals surface area contributed by atoms with Gasteiger partial charge in [-0.1, -0.05) is 6.08 Å². The number of benzene rings is 2. The number of alkyl halides is 1. The number of nitrogens with zero attached hydrogens (tertiary/aromatic N) is 3. The van der Waals surface area contributed by atoms with Crippen LogP contribution in [0.15, 0.2) is 60.1 Å². The van der Waals surface area contributed by atoms with Crippen molar-refractivity contribution in [2.45, 2.75) is 24.3 Å². The van der Waals surface area contributed by atoms with Crippen molar-refractivity contribution in [1.29, 1.82) is 5.26 Å². The van der Waals surface area contributed by atoms with Crippen molar-refractivity contribution in [3.05, 3.63) is 76.4 Å². The minimum Gasteiger partial charge on any atom is -0.300 e. The van der Waals surface area contributed by atoms with Crippen LogP contribution in [0.3, 0.4) is 0 Å². The molecular weight excluding hydrogens is 438 g/mol. The van der Waals surface area contributed by atoms with E-state index in [9.17, 15) is 23.8 Å². The van der Waals surface area contributed by atoms with Crippen LogP contribution < -0.4 is 0 Å². The molecule has 0 atom stereocenters. The number of nitro groups is 1. The van der Waals surface area contributed by atoms with Crippen molar-refractivity contribution in [2.75, 3.05) is 11.6 Å². The van der Waals surface area contributed by atoms with E-state index in [4.69, 9.17) is 11.6 Å². The molecule has 160 valence electrons. The molecule has 3 rings (SSSR count). The van der Waals surface area contributed by atoms with Crippen LogP contribution in [0.25, 0.3) is 16.6 Å². The van der Waals surface area contributed by atoms with E-state index in [0.29, 0.717) is 52.9 Å². The van der Waals surface area contributed by atoms with Gasteiger partial charge in [0.25, 0.3) is 5.69 Å². The van der Waals surface area contributed by atoms with Gasteiger partial charge in [0.2, 0.25) is 0 Å². The third kappa shape index (κ3) is 4.48. The van der Waals surface area contributed by atoms with E-state index < -0.39 is 14.8 Å². The maximum Gasteiger partial charge on any atom is 0.269 e. The first-order valence-electron chi connectivity index (χ1n) is 9.56. The molecule has 0 amide bonds. The van der Waals surface area contributed by atoms with Crippen LogP contribution >= 0.6 is 11.6 Å². The molecule has 3 aromatic rings. The number of sulfone groups is 1. The van der Waals surface area contributed by atoms with Gasteiger partial charge in [0.1, 0.15) is 5.03 Å². The van der Waals surface area contributed by atoms with E-state index in [1.54, 1.807) is 22.8 Å². The zero-order valence-corrected chi connectivity index (χ0v) is 18.2. The van der Waals surface area contributed by atoms with Gasteiger partial charge in [0.15, 0.2) is 9.84 Å². The van der Waals surface area contributed by atoms with E-state index in [-0.39, 0.29) is 16.5 Å². The summed E-state index contributed by atoms with van der Waals surface area (Å²) in [5, 5.41) is 21.2. The van der Waals surface area contributed by atoms with Gasteiger partial charge in [0.05, 0.1) is 27.8 Å². The Morgan fingerprint density at radius 3 is 2.48 bits per heavy atom. The standard InChI is InChI=1S/C22H20ClN3O4S/c1-2-13-31(29,30)22-19(5-3-4-12-23)20-14-16(15-24)6-11-21(20)25(22)17-7-9-18(10-8-17)26(27)28/h2,6-11,14H,1,3-5,12-13H2. The molecule has 7 nitrogen and oxygen atoms in total. The van der Waals surface area contributed by atoms with Crippen LogP contribution in [-0.2, 0) is 16.3 Å². The van der Waals surface area contributed by atoms with Crippen LogP contribution in [-0.4, -0.2) is 29.5 Å². The Balaban J connectivity index is 2.39. The van der Waals surface area contributed by atoms with E-state index in [1.807, 2.05) is 0 Å². The van der Waals surface area contributed by atoms with Gasteiger partial charge in [-0.2, -0.15) is 5.26 Å². The van der Waals surface area contributed by atoms with Crippen LogP contribution in [0.1, 0.15) is 24.0 Å². The molecule has 0 saturated carbocycles. The van der Waals surface area contributed by atoms with Crippen molar-refractivity contribution in [3.8, 4) is 11.8 Å². The lowest BCUT2D eigenvalue weighted by Crippen LogP contribution is -2.13. The zero-order chi connectivity index (χ0) is 22.6. The molecule has 0 bridgehead atoms. The van der Waals surface area contributed by atoms with Gasteiger partial charge in [0, 0.05) is 29.1 Å². The lowest BCUT2D eigenvalue weighted by atomic mass is 10.1. The second-order valence-corrected chi connectivity index (χ2v) is 9.28. The molecule has 1 heterocycles. The summed E-state index contributed by atoms with van der Waals surface area (Å²) in [7, 11) is -3.77. The Morgan fingerprint density at radius 2 is 1.90 bits per heavy atom. The number of aryl methyl sites for hydroxylation is 1. The maximum atomic E-state index is 13.3. The SMILES string of the molecule is C=CCS(=O)(=O)c1c(CCCCCl)c2cc(C#N)ccc2n1-c1ccc([N+](=O)[O-])cc1. The minimum atomic E-state index is -3.77. The molecule has 0 spiro atoms. The third-order valence-electron chi connectivity index (χ3n) is 4.91. The molecule has 0 fully saturated rings. The summed E-state index contributed by atoms with van der Waals surface area (Å²) >= 11 is 5.82. The Morgan fingerprint density at radius 1 is 1.19 bits per heavy atom.